The molecule has 4 rings (SSSR count). The normalized spacial score (nSPS) is 13.6. The highest BCUT2D eigenvalue weighted by Crippen LogP contribution is 2.40. The molecular weight excluding hydrogens is 334 g/mol. The fraction of sp³-hybridized carbons (Fsp3) is 0.353. The van der Waals surface area contributed by atoms with Crippen molar-refractivity contribution >= 4 is 11.7 Å². The fourth-order valence-electron chi connectivity index (χ4n) is 2.61. The third-order valence-corrected chi connectivity index (χ3v) is 4.18. The highest BCUT2D eigenvalue weighted by atomic mass is 16.5. The first-order valence-electron chi connectivity index (χ1n) is 8.52. The molecule has 9 heteroatoms. The van der Waals surface area contributed by atoms with Crippen molar-refractivity contribution in [2.24, 2.45) is 0 Å². The highest BCUT2D eigenvalue weighted by molar-refractivity contribution is 5.92. The zero-order valence-corrected chi connectivity index (χ0v) is 14.3. The van der Waals surface area contributed by atoms with Gasteiger partial charge in [0, 0.05) is 43.5 Å². The molecular formula is C17H19N7O2. The van der Waals surface area contributed by atoms with Crippen LogP contribution in [0.5, 0.6) is 0 Å². The number of aryl methyl sites for hydroxylation is 1. The zero-order valence-electron chi connectivity index (χ0n) is 14.3. The second-order valence-corrected chi connectivity index (χ2v) is 6.18. The van der Waals surface area contributed by atoms with E-state index in [4.69, 9.17) is 4.52 Å². The van der Waals surface area contributed by atoms with Crippen molar-refractivity contribution in [1.82, 2.24) is 30.0 Å². The molecule has 0 atom stereocenters. The maximum absolute atomic E-state index is 12.1. The van der Waals surface area contributed by atoms with Gasteiger partial charge in [-0.05, 0) is 19.8 Å². The molecule has 2 N–H and O–H groups in total. The van der Waals surface area contributed by atoms with Gasteiger partial charge in [-0.15, -0.1) is 0 Å². The summed E-state index contributed by atoms with van der Waals surface area (Å²) in [5.74, 6) is 3.26. The van der Waals surface area contributed by atoms with E-state index >= 15 is 0 Å². The standard InChI is InChI=1S/C17H19N7O2/c1-11-18-6-7-24(11)16-9-15(21-10-22-16)19-4-5-20-17(25)13-8-14(26-23-13)12-2-3-12/h6-10,12H,2-5H2,1H3,(H,20,25)(H,19,21,22). The van der Waals surface area contributed by atoms with Crippen molar-refractivity contribution in [2.75, 3.05) is 18.4 Å². The number of rotatable bonds is 7. The van der Waals surface area contributed by atoms with E-state index in [-0.39, 0.29) is 5.91 Å². The molecule has 0 aliphatic heterocycles. The first-order chi connectivity index (χ1) is 12.7. The van der Waals surface area contributed by atoms with Gasteiger partial charge in [-0.2, -0.15) is 0 Å². The molecule has 3 heterocycles. The molecule has 3 aromatic heterocycles. The molecule has 0 bridgehead atoms. The molecule has 1 aliphatic rings. The van der Waals surface area contributed by atoms with Crippen LogP contribution in [0.25, 0.3) is 5.82 Å². The lowest BCUT2D eigenvalue weighted by Gasteiger charge is -2.08. The van der Waals surface area contributed by atoms with Crippen molar-refractivity contribution < 1.29 is 9.32 Å². The number of nitrogens with one attached hydrogen (secondary N) is 2. The molecule has 1 fully saturated rings. The molecule has 0 radical (unpaired) electrons. The lowest BCUT2D eigenvalue weighted by Crippen LogP contribution is -2.29. The van der Waals surface area contributed by atoms with Gasteiger partial charge in [0.25, 0.3) is 5.91 Å². The summed E-state index contributed by atoms with van der Waals surface area (Å²) < 4.78 is 7.06. The number of imidazole rings is 1. The van der Waals surface area contributed by atoms with E-state index < -0.39 is 0 Å². The summed E-state index contributed by atoms with van der Waals surface area (Å²) in [7, 11) is 0. The van der Waals surface area contributed by atoms with Gasteiger partial charge in [-0.25, -0.2) is 15.0 Å². The zero-order chi connectivity index (χ0) is 17.9. The Balaban J connectivity index is 1.28. The van der Waals surface area contributed by atoms with Gasteiger partial charge in [0.15, 0.2) is 5.69 Å². The van der Waals surface area contributed by atoms with Crippen molar-refractivity contribution in [3.63, 3.8) is 0 Å². The molecule has 0 aromatic carbocycles. The smallest absolute Gasteiger partial charge is 0.273 e. The summed E-state index contributed by atoms with van der Waals surface area (Å²) in [6.07, 6.45) is 7.28. The number of hydrogen-bond donors (Lipinski definition) is 2. The summed E-state index contributed by atoms with van der Waals surface area (Å²) in [4.78, 5) is 24.7. The Labute approximate surface area is 149 Å². The van der Waals surface area contributed by atoms with E-state index in [9.17, 15) is 4.79 Å². The van der Waals surface area contributed by atoms with Crippen LogP contribution in [-0.2, 0) is 0 Å². The number of carbonyl (C=O) groups is 1. The van der Waals surface area contributed by atoms with Gasteiger partial charge in [-0.1, -0.05) is 5.16 Å². The topological polar surface area (TPSA) is 111 Å². The summed E-state index contributed by atoms with van der Waals surface area (Å²) >= 11 is 0. The molecule has 0 unspecified atom stereocenters. The molecule has 1 amide bonds. The molecule has 1 saturated carbocycles. The predicted molar refractivity (Wildman–Crippen MR) is 93.2 cm³/mol. The first-order valence-corrected chi connectivity index (χ1v) is 8.52. The Morgan fingerprint density at radius 1 is 1.27 bits per heavy atom. The van der Waals surface area contributed by atoms with Crippen LogP contribution < -0.4 is 10.6 Å². The molecule has 0 spiro atoms. The van der Waals surface area contributed by atoms with Crippen LogP contribution in [0.2, 0.25) is 0 Å². The van der Waals surface area contributed by atoms with E-state index in [1.165, 1.54) is 6.33 Å². The maximum atomic E-state index is 12.1. The minimum Gasteiger partial charge on any atom is -0.368 e. The number of hydrogen-bond acceptors (Lipinski definition) is 7. The van der Waals surface area contributed by atoms with Gasteiger partial charge in [0.05, 0.1) is 0 Å². The molecule has 3 aromatic rings. The Hall–Kier alpha value is -3.23. The van der Waals surface area contributed by atoms with Crippen LogP contribution in [-0.4, -0.2) is 43.7 Å². The van der Waals surface area contributed by atoms with E-state index in [0.29, 0.717) is 30.5 Å². The SMILES string of the molecule is Cc1nccn1-c1cc(NCCNC(=O)c2cc(C3CC3)on2)ncn1. The van der Waals surface area contributed by atoms with Crippen LogP contribution >= 0.6 is 0 Å². The Morgan fingerprint density at radius 2 is 2.15 bits per heavy atom. The average molecular weight is 353 g/mol. The minimum atomic E-state index is -0.236. The predicted octanol–water partition coefficient (Wildman–Crippen LogP) is 1.68. The van der Waals surface area contributed by atoms with Crippen LogP contribution in [0.3, 0.4) is 0 Å². The van der Waals surface area contributed by atoms with Gasteiger partial charge in [0.1, 0.15) is 29.5 Å². The lowest BCUT2D eigenvalue weighted by molar-refractivity contribution is 0.0946. The summed E-state index contributed by atoms with van der Waals surface area (Å²) in [5.41, 5.74) is 0.326. The fourth-order valence-corrected chi connectivity index (χ4v) is 2.61. The minimum absolute atomic E-state index is 0.236. The van der Waals surface area contributed by atoms with E-state index in [2.05, 4.69) is 30.7 Å². The molecule has 134 valence electrons. The number of anilines is 1. The van der Waals surface area contributed by atoms with Crippen LogP contribution in [0.4, 0.5) is 5.82 Å². The number of amides is 1. The van der Waals surface area contributed by atoms with Gasteiger partial charge < -0.3 is 15.2 Å². The van der Waals surface area contributed by atoms with Gasteiger partial charge in [-0.3, -0.25) is 9.36 Å². The second kappa shape index (κ2) is 6.95. The highest BCUT2D eigenvalue weighted by Gasteiger charge is 2.28. The Bertz CT molecular complexity index is 913. The van der Waals surface area contributed by atoms with Gasteiger partial charge in [0.2, 0.25) is 0 Å². The lowest BCUT2D eigenvalue weighted by atomic mass is 10.3. The van der Waals surface area contributed by atoms with Crippen molar-refractivity contribution in [3.05, 3.63) is 48.1 Å². The molecule has 9 nitrogen and oxygen atoms in total. The number of aromatic nitrogens is 5. The number of nitrogens with zero attached hydrogens (tertiary/aromatic N) is 5. The van der Waals surface area contributed by atoms with E-state index in [1.807, 2.05) is 23.8 Å². The number of carbonyl (C=O) groups excluding carboxylic acids is 1. The van der Waals surface area contributed by atoms with E-state index in [1.54, 1.807) is 12.3 Å². The molecule has 1 aliphatic carbocycles. The van der Waals surface area contributed by atoms with Crippen LogP contribution in [0.15, 0.2) is 35.4 Å². The molecule has 26 heavy (non-hydrogen) atoms. The maximum Gasteiger partial charge on any atom is 0.273 e. The van der Waals surface area contributed by atoms with E-state index in [0.717, 1.165) is 30.2 Å². The van der Waals surface area contributed by atoms with Crippen molar-refractivity contribution in [3.8, 4) is 5.82 Å². The van der Waals surface area contributed by atoms with Crippen molar-refractivity contribution in [1.29, 1.82) is 0 Å². The quantitative estimate of drug-likeness (QED) is 0.622. The first kappa shape index (κ1) is 16.2. The summed E-state index contributed by atoms with van der Waals surface area (Å²) in [6, 6.07) is 3.56. The second-order valence-electron chi connectivity index (χ2n) is 6.18. The monoisotopic (exact) mass is 353 g/mol. The van der Waals surface area contributed by atoms with Crippen LogP contribution in [0.1, 0.15) is 40.8 Å². The van der Waals surface area contributed by atoms with Crippen molar-refractivity contribution in [2.45, 2.75) is 25.7 Å². The summed E-state index contributed by atoms with van der Waals surface area (Å²) in [6.45, 7) is 2.87. The largest absolute Gasteiger partial charge is 0.368 e. The molecule has 0 saturated heterocycles. The summed E-state index contributed by atoms with van der Waals surface area (Å²) in [5, 5.41) is 9.80. The average Bonchev–Trinajstić information content (AvgIpc) is 3.22. The Morgan fingerprint density at radius 3 is 2.92 bits per heavy atom. The van der Waals surface area contributed by atoms with Crippen LogP contribution in [0, 0.1) is 6.92 Å². The Kier molecular flexibility index (Phi) is 4.34. The third-order valence-electron chi connectivity index (χ3n) is 4.18. The third kappa shape index (κ3) is 3.56. The van der Waals surface area contributed by atoms with Gasteiger partial charge >= 0.3 is 0 Å².